The maximum Gasteiger partial charge on any atom is 0.339 e. The Kier molecular flexibility index (Phi) is 5.25. The number of hydrogen-bond acceptors (Lipinski definition) is 5. The smallest absolute Gasteiger partial charge is 0.339 e. The van der Waals surface area contributed by atoms with Crippen LogP contribution in [0.15, 0.2) is 64.3 Å². The summed E-state index contributed by atoms with van der Waals surface area (Å²) < 4.78 is 35.9. The van der Waals surface area contributed by atoms with Gasteiger partial charge < -0.3 is 14.3 Å². The molecule has 27 heavy (non-hydrogen) atoms. The summed E-state index contributed by atoms with van der Waals surface area (Å²) in [5, 5.41) is 9.78. The minimum absolute atomic E-state index is 0.0547. The number of halogens is 1. The van der Waals surface area contributed by atoms with Crippen LogP contribution in [0.4, 0.5) is 0 Å². The lowest BCUT2D eigenvalue weighted by molar-refractivity contribution is 0.0692. The molecule has 0 bridgehead atoms. The zero-order valence-electron chi connectivity index (χ0n) is 14.2. The Balaban J connectivity index is 2.14. The van der Waals surface area contributed by atoms with Crippen molar-refractivity contribution in [3.05, 3.63) is 71.1 Å². The summed E-state index contributed by atoms with van der Waals surface area (Å²) in [6.07, 6.45) is 2.90. The Bertz CT molecular complexity index is 1090. The predicted molar refractivity (Wildman–Crippen MR) is 100.0 cm³/mol. The van der Waals surface area contributed by atoms with E-state index in [1.54, 1.807) is 24.3 Å². The van der Waals surface area contributed by atoms with Crippen molar-refractivity contribution in [2.75, 3.05) is 7.11 Å². The molecule has 0 radical (unpaired) electrons. The number of rotatable bonds is 6. The highest BCUT2D eigenvalue weighted by Crippen LogP contribution is 2.37. The van der Waals surface area contributed by atoms with Crippen LogP contribution in [-0.4, -0.2) is 26.6 Å². The summed E-state index contributed by atoms with van der Waals surface area (Å²) >= 11 is 6.00. The lowest BCUT2D eigenvalue weighted by Gasteiger charge is -2.15. The minimum atomic E-state index is -3.86. The first-order valence-corrected chi connectivity index (χ1v) is 9.81. The van der Waals surface area contributed by atoms with E-state index in [4.69, 9.17) is 20.8 Å². The Labute approximate surface area is 160 Å². The Morgan fingerprint density at radius 3 is 2.52 bits per heavy atom. The first kappa shape index (κ1) is 19.0. The van der Waals surface area contributed by atoms with Crippen LogP contribution in [0.2, 0.25) is 5.02 Å². The highest BCUT2D eigenvalue weighted by atomic mass is 35.5. The van der Waals surface area contributed by atoms with Crippen LogP contribution in [0.25, 0.3) is 11.1 Å². The van der Waals surface area contributed by atoms with Crippen LogP contribution in [0.3, 0.4) is 0 Å². The van der Waals surface area contributed by atoms with Gasteiger partial charge in [-0.1, -0.05) is 35.9 Å². The lowest BCUT2D eigenvalue weighted by atomic mass is 9.99. The van der Waals surface area contributed by atoms with Gasteiger partial charge in [-0.2, -0.15) is 0 Å². The zero-order chi connectivity index (χ0) is 19.6. The number of carboxylic acids is 1. The second kappa shape index (κ2) is 7.46. The molecule has 0 aliphatic rings. The molecule has 0 fully saturated rings. The molecule has 0 spiro atoms. The molecular weight excluding hydrogens is 392 g/mol. The van der Waals surface area contributed by atoms with Gasteiger partial charge in [0.05, 0.1) is 35.3 Å². The van der Waals surface area contributed by atoms with Gasteiger partial charge in [-0.25, -0.2) is 13.2 Å². The molecule has 0 aliphatic carbocycles. The molecule has 0 saturated heterocycles. The normalized spacial score (nSPS) is 11.3. The Morgan fingerprint density at radius 2 is 1.93 bits per heavy atom. The number of furan rings is 1. The van der Waals surface area contributed by atoms with Crippen molar-refractivity contribution in [1.82, 2.24) is 0 Å². The number of carbonyl (C=O) groups is 1. The van der Waals surface area contributed by atoms with E-state index in [0.29, 0.717) is 11.1 Å². The molecule has 2 aromatic carbocycles. The van der Waals surface area contributed by atoms with Crippen LogP contribution in [0.5, 0.6) is 5.75 Å². The average molecular weight is 407 g/mol. The van der Waals surface area contributed by atoms with Gasteiger partial charge in [-0.05, 0) is 23.8 Å². The standard InChI is InChI=1S/C19H15ClO6S/c1-25-18-14(12-8-9-26-10-12)7-6-13(17(18)19(21)22)11-27(23,24)16-5-3-2-4-15(16)20/h2-10H,11H2,1H3,(H,21,22). The Hall–Kier alpha value is -2.77. The topological polar surface area (TPSA) is 93.8 Å². The second-order valence-electron chi connectivity index (χ2n) is 5.69. The lowest BCUT2D eigenvalue weighted by Crippen LogP contribution is -2.12. The summed E-state index contributed by atoms with van der Waals surface area (Å²) in [4.78, 5) is 11.8. The van der Waals surface area contributed by atoms with Gasteiger partial charge in [0.1, 0.15) is 11.3 Å². The van der Waals surface area contributed by atoms with Crippen molar-refractivity contribution in [2.45, 2.75) is 10.6 Å². The highest BCUT2D eigenvalue weighted by Gasteiger charge is 2.26. The maximum absolute atomic E-state index is 12.8. The van der Waals surface area contributed by atoms with Crippen molar-refractivity contribution in [2.24, 2.45) is 0 Å². The van der Waals surface area contributed by atoms with E-state index in [1.165, 1.54) is 37.8 Å². The number of benzene rings is 2. The Morgan fingerprint density at radius 1 is 1.19 bits per heavy atom. The minimum Gasteiger partial charge on any atom is -0.495 e. The van der Waals surface area contributed by atoms with E-state index >= 15 is 0 Å². The van der Waals surface area contributed by atoms with Crippen molar-refractivity contribution >= 4 is 27.4 Å². The van der Waals surface area contributed by atoms with Crippen LogP contribution < -0.4 is 4.74 Å². The van der Waals surface area contributed by atoms with Crippen LogP contribution in [0.1, 0.15) is 15.9 Å². The molecular formula is C19H15ClO6S. The molecule has 0 saturated carbocycles. The molecule has 0 aliphatic heterocycles. The molecule has 0 atom stereocenters. The molecule has 1 aromatic heterocycles. The number of carboxylic acid groups (broad SMARTS) is 1. The van der Waals surface area contributed by atoms with Crippen molar-refractivity contribution in [3.63, 3.8) is 0 Å². The molecule has 3 rings (SSSR count). The fourth-order valence-electron chi connectivity index (χ4n) is 2.81. The van der Waals surface area contributed by atoms with Gasteiger partial charge >= 0.3 is 5.97 Å². The fourth-order valence-corrected chi connectivity index (χ4v) is 4.76. The van der Waals surface area contributed by atoms with Gasteiger partial charge in [0, 0.05) is 11.1 Å². The third kappa shape index (κ3) is 3.70. The van der Waals surface area contributed by atoms with Crippen molar-refractivity contribution in [3.8, 4) is 16.9 Å². The average Bonchev–Trinajstić information content (AvgIpc) is 3.15. The quantitative estimate of drug-likeness (QED) is 0.656. The summed E-state index contributed by atoms with van der Waals surface area (Å²) in [5.74, 6) is -1.75. The van der Waals surface area contributed by atoms with Crippen LogP contribution in [0, 0.1) is 0 Å². The van der Waals surface area contributed by atoms with E-state index in [0.717, 1.165) is 0 Å². The molecule has 8 heteroatoms. The molecule has 0 unspecified atom stereocenters. The molecule has 140 valence electrons. The summed E-state index contributed by atoms with van der Waals surface area (Å²) in [6.45, 7) is 0. The molecule has 1 N–H and O–H groups in total. The van der Waals surface area contributed by atoms with Crippen molar-refractivity contribution in [1.29, 1.82) is 0 Å². The maximum atomic E-state index is 12.8. The van der Waals surface area contributed by atoms with E-state index in [1.807, 2.05) is 0 Å². The molecule has 0 amide bonds. The van der Waals surface area contributed by atoms with Gasteiger partial charge in [0.15, 0.2) is 9.84 Å². The SMILES string of the molecule is COc1c(-c2ccoc2)ccc(CS(=O)(=O)c2ccccc2Cl)c1C(=O)O. The summed E-state index contributed by atoms with van der Waals surface area (Å²) in [5.41, 5.74) is 0.996. The van der Waals surface area contributed by atoms with Crippen molar-refractivity contribution < 1.29 is 27.5 Å². The van der Waals surface area contributed by atoms with E-state index in [2.05, 4.69) is 0 Å². The third-order valence-corrected chi connectivity index (χ3v) is 6.17. The van der Waals surface area contributed by atoms with E-state index in [-0.39, 0.29) is 26.8 Å². The highest BCUT2D eigenvalue weighted by molar-refractivity contribution is 7.90. The number of sulfone groups is 1. The summed E-state index contributed by atoms with van der Waals surface area (Å²) in [7, 11) is -2.53. The fraction of sp³-hybridized carbons (Fsp3) is 0.105. The van der Waals surface area contributed by atoms with Gasteiger partial charge in [-0.15, -0.1) is 0 Å². The second-order valence-corrected chi connectivity index (χ2v) is 8.05. The third-order valence-electron chi connectivity index (χ3n) is 4.01. The van der Waals surface area contributed by atoms with E-state index in [9.17, 15) is 18.3 Å². The number of methoxy groups -OCH3 is 1. The number of aromatic carboxylic acids is 1. The molecule has 1 heterocycles. The number of hydrogen-bond donors (Lipinski definition) is 1. The summed E-state index contributed by atoms with van der Waals surface area (Å²) in [6, 6.07) is 10.7. The monoisotopic (exact) mass is 406 g/mol. The number of ether oxygens (including phenoxy) is 1. The van der Waals surface area contributed by atoms with Crippen LogP contribution >= 0.6 is 11.6 Å². The molecule has 3 aromatic rings. The first-order chi connectivity index (χ1) is 12.8. The van der Waals surface area contributed by atoms with Gasteiger partial charge in [-0.3, -0.25) is 0 Å². The van der Waals surface area contributed by atoms with Gasteiger partial charge in [0.25, 0.3) is 0 Å². The van der Waals surface area contributed by atoms with E-state index < -0.39 is 21.6 Å². The largest absolute Gasteiger partial charge is 0.495 e. The zero-order valence-corrected chi connectivity index (χ0v) is 15.8. The van der Waals surface area contributed by atoms with Gasteiger partial charge in [0.2, 0.25) is 0 Å². The first-order valence-electron chi connectivity index (χ1n) is 7.78. The van der Waals surface area contributed by atoms with Crippen LogP contribution in [-0.2, 0) is 15.6 Å². The predicted octanol–water partition coefficient (Wildman–Crippen LogP) is 4.28. The molecule has 6 nitrogen and oxygen atoms in total.